The van der Waals surface area contributed by atoms with Gasteiger partial charge >= 0.3 is 12.4 Å². The van der Waals surface area contributed by atoms with Gasteiger partial charge in [-0.25, -0.2) is 15.0 Å². The normalized spacial score (nSPS) is 15.9. The molecule has 368 valence electrons. The molecule has 2 aromatic carbocycles. The molecule has 1 saturated heterocycles. The quantitative estimate of drug-likeness (QED) is 0.138. The lowest BCUT2D eigenvalue weighted by Gasteiger charge is -2.31. The monoisotopic (exact) mass is 979 g/mol. The molecule has 5 aromatic heterocycles. The summed E-state index contributed by atoms with van der Waals surface area (Å²) in [6, 6.07) is 15.6. The zero-order chi connectivity index (χ0) is 51.1. The standard InChI is InChI=1S/C29H26F3N7O2.C21H21F3N4O2/c1-4-18-13-22-24(5-7-34-25(22)27(35-18)41-3)39-9-6-19-20(23-15-37(2)36-26(23)29(30,31)32)11-17(12-21(19)28(39)40)14-38-10-8-33-16-38;1-12-5-4-6-14(9-12)27(3)20(30)18-17(29)7-8-28(18)19-15(11-25)16(21(22,23)24)10-13(2)26-19/h5,7-8,10-13,15-16H,4,6,9,14H2,1-3H3;4-6,9-10,17-18,29H,7-8H2,1-3H3. The van der Waals surface area contributed by atoms with Gasteiger partial charge in [0, 0.05) is 92.1 Å². The molecule has 0 bridgehead atoms. The fourth-order valence-electron chi connectivity index (χ4n) is 9.10. The van der Waals surface area contributed by atoms with Crippen molar-refractivity contribution in [3.05, 3.63) is 136 Å². The van der Waals surface area contributed by atoms with Crippen molar-refractivity contribution in [1.29, 1.82) is 5.26 Å². The zero-order valence-corrected chi connectivity index (χ0v) is 39.3. The van der Waals surface area contributed by atoms with Crippen LogP contribution in [0.1, 0.15) is 68.6 Å². The van der Waals surface area contributed by atoms with E-state index in [2.05, 4.69) is 25.0 Å². The van der Waals surface area contributed by atoms with E-state index in [1.165, 1.54) is 44.1 Å². The number of aromatic nitrogens is 7. The van der Waals surface area contributed by atoms with Crippen molar-refractivity contribution in [2.45, 2.75) is 71.1 Å². The van der Waals surface area contributed by atoms with Crippen molar-refractivity contribution in [1.82, 2.24) is 34.3 Å². The number of halogens is 6. The highest BCUT2D eigenvalue weighted by Crippen LogP contribution is 2.42. The molecular formula is C50H47F6N11O4. The number of hydrogen-bond donors (Lipinski definition) is 1. The third-order valence-electron chi connectivity index (χ3n) is 12.4. The number of amides is 2. The molecule has 71 heavy (non-hydrogen) atoms. The predicted octanol–water partition coefficient (Wildman–Crippen LogP) is 8.26. The lowest BCUT2D eigenvalue weighted by atomic mass is 9.88. The van der Waals surface area contributed by atoms with Crippen molar-refractivity contribution in [2.24, 2.45) is 7.05 Å². The van der Waals surface area contributed by atoms with Gasteiger partial charge in [0.2, 0.25) is 5.88 Å². The smallest absolute Gasteiger partial charge is 0.435 e. The number of aliphatic hydroxyl groups excluding tert-OH is 1. The Labute approximate surface area is 403 Å². The van der Waals surface area contributed by atoms with Crippen molar-refractivity contribution >= 4 is 39.9 Å². The molecule has 2 aliphatic heterocycles. The maximum atomic E-state index is 14.2. The molecule has 0 spiro atoms. The van der Waals surface area contributed by atoms with Gasteiger partial charge in [-0.1, -0.05) is 19.1 Å². The molecule has 7 heterocycles. The summed E-state index contributed by atoms with van der Waals surface area (Å²) >= 11 is 0. The van der Waals surface area contributed by atoms with E-state index in [1.807, 2.05) is 26.0 Å². The van der Waals surface area contributed by atoms with E-state index < -0.39 is 47.2 Å². The number of fused-ring (bicyclic) bond motifs is 2. The number of nitrogens with zero attached hydrogens (tertiary/aromatic N) is 11. The van der Waals surface area contributed by atoms with Crippen LogP contribution in [0.3, 0.4) is 0 Å². The largest absolute Gasteiger partial charge is 0.479 e. The third-order valence-corrected chi connectivity index (χ3v) is 12.4. The maximum absolute atomic E-state index is 14.2. The number of carbonyl (C=O) groups excluding carboxylic acids is 2. The lowest BCUT2D eigenvalue weighted by molar-refractivity contribution is -0.141. The SMILES string of the molecule is CCc1cc2c(N3CCc4c(cc(Cn5ccnc5)cc4-c4cn(C)nc4C(F)(F)F)C3=O)ccnc2c(OC)n1.Cc1cccc(N(C)C(=O)C2C(O)CCN2c2nc(C)cc(C(F)(F)F)c2C#N)c1. The fraction of sp³-hybridized carbons (Fsp3) is 0.320. The Kier molecular flexibility index (Phi) is 13.6. The Balaban J connectivity index is 0.000000201. The molecule has 9 rings (SSSR count). The summed E-state index contributed by atoms with van der Waals surface area (Å²) in [6.07, 6.45) is -1.38. The third kappa shape index (κ3) is 9.84. The van der Waals surface area contributed by atoms with Crippen molar-refractivity contribution < 1.29 is 45.8 Å². The molecule has 7 aromatic rings. The summed E-state index contributed by atoms with van der Waals surface area (Å²) < 4.78 is 91.0. The van der Waals surface area contributed by atoms with E-state index in [0.717, 1.165) is 27.4 Å². The van der Waals surface area contributed by atoms with Crippen LogP contribution in [0.5, 0.6) is 5.88 Å². The molecule has 1 fully saturated rings. The molecular weight excluding hydrogens is 933 g/mol. The van der Waals surface area contributed by atoms with E-state index in [4.69, 9.17) is 4.74 Å². The molecule has 2 unspecified atom stereocenters. The van der Waals surface area contributed by atoms with Crippen LogP contribution in [0.15, 0.2) is 85.7 Å². The number of alkyl halides is 6. The van der Waals surface area contributed by atoms with Gasteiger partial charge in [0.05, 0.1) is 30.8 Å². The van der Waals surface area contributed by atoms with Crippen molar-refractivity contribution in [3.63, 3.8) is 0 Å². The number of rotatable bonds is 9. The van der Waals surface area contributed by atoms with Gasteiger partial charge in [0.15, 0.2) is 5.69 Å². The Morgan fingerprint density at radius 1 is 0.986 bits per heavy atom. The summed E-state index contributed by atoms with van der Waals surface area (Å²) in [7, 11) is 4.51. The highest BCUT2D eigenvalue weighted by atomic mass is 19.4. The first-order valence-electron chi connectivity index (χ1n) is 22.4. The molecule has 0 aliphatic carbocycles. The highest BCUT2D eigenvalue weighted by molar-refractivity contribution is 6.13. The van der Waals surface area contributed by atoms with E-state index in [-0.39, 0.29) is 42.5 Å². The summed E-state index contributed by atoms with van der Waals surface area (Å²) in [5.74, 6) is -0.672. The van der Waals surface area contributed by atoms with Gasteiger partial charge < -0.3 is 29.1 Å². The van der Waals surface area contributed by atoms with Crippen LogP contribution in [0.25, 0.3) is 22.0 Å². The predicted molar refractivity (Wildman–Crippen MR) is 251 cm³/mol. The highest BCUT2D eigenvalue weighted by Gasteiger charge is 2.44. The van der Waals surface area contributed by atoms with Crippen LogP contribution in [-0.4, -0.2) is 90.6 Å². The average molecular weight is 980 g/mol. The fourth-order valence-corrected chi connectivity index (χ4v) is 9.10. The number of pyridine rings is 3. The van der Waals surface area contributed by atoms with E-state index >= 15 is 0 Å². The summed E-state index contributed by atoms with van der Waals surface area (Å²) in [5, 5.41) is 24.4. The zero-order valence-electron chi connectivity index (χ0n) is 39.3. The minimum absolute atomic E-state index is 0.0530. The second-order valence-electron chi connectivity index (χ2n) is 17.2. The van der Waals surface area contributed by atoms with Gasteiger partial charge in [-0.05, 0) is 97.8 Å². The van der Waals surface area contributed by atoms with Gasteiger partial charge in [0.1, 0.15) is 29.0 Å². The molecule has 2 amide bonds. The number of likely N-dealkylation sites (N-methyl/N-ethyl adjacent to an activating group) is 1. The number of ether oxygens (including phenoxy) is 1. The first-order chi connectivity index (χ1) is 33.7. The first kappa shape index (κ1) is 49.6. The maximum Gasteiger partial charge on any atom is 0.435 e. The van der Waals surface area contributed by atoms with Crippen LogP contribution in [0, 0.1) is 25.2 Å². The van der Waals surface area contributed by atoms with Gasteiger partial charge in [-0.3, -0.25) is 19.3 Å². The minimum Gasteiger partial charge on any atom is -0.479 e. The van der Waals surface area contributed by atoms with Crippen LogP contribution < -0.4 is 19.4 Å². The first-order valence-corrected chi connectivity index (χ1v) is 22.4. The van der Waals surface area contributed by atoms with Crippen LogP contribution in [0.4, 0.5) is 43.5 Å². The summed E-state index contributed by atoms with van der Waals surface area (Å²) in [6.45, 7) is 5.93. The van der Waals surface area contributed by atoms with E-state index in [1.54, 1.807) is 76.9 Å². The molecule has 21 heteroatoms. The molecule has 15 nitrogen and oxygen atoms in total. The van der Waals surface area contributed by atoms with E-state index in [0.29, 0.717) is 64.4 Å². The second-order valence-corrected chi connectivity index (χ2v) is 17.2. The topological polar surface area (TPSA) is 171 Å². The molecule has 0 radical (unpaired) electrons. The lowest BCUT2D eigenvalue weighted by Crippen LogP contribution is -2.49. The molecule has 2 atom stereocenters. The minimum atomic E-state index is -4.75. The Hall–Kier alpha value is -7.86. The number of methoxy groups -OCH3 is 1. The Morgan fingerprint density at radius 3 is 2.41 bits per heavy atom. The average Bonchev–Trinajstić information content (AvgIpc) is 4.10. The summed E-state index contributed by atoms with van der Waals surface area (Å²) in [4.78, 5) is 48.9. The number of imidazole rings is 1. The van der Waals surface area contributed by atoms with E-state index in [9.17, 15) is 46.3 Å². The van der Waals surface area contributed by atoms with Crippen LogP contribution in [-0.2, 0) is 43.6 Å². The molecule has 0 saturated carbocycles. The van der Waals surface area contributed by atoms with Gasteiger partial charge in [-0.2, -0.15) is 36.7 Å². The number of hydrogen-bond acceptors (Lipinski definition) is 11. The van der Waals surface area contributed by atoms with Crippen LogP contribution >= 0.6 is 0 Å². The number of nitriles is 1. The Bertz CT molecular complexity index is 3200. The second kappa shape index (κ2) is 19.5. The molecule has 2 aliphatic rings. The number of anilines is 3. The molecule has 1 N–H and O–H groups in total. The number of aliphatic hydroxyl groups is 1. The number of carbonyl (C=O) groups is 2. The summed E-state index contributed by atoms with van der Waals surface area (Å²) in [5.41, 5.74) is 2.68. The number of benzene rings is 2. The number of aryl methyl sites for hydroxylation is 4. The van der Waals surface area contributed by atoms with Crippen LogP contribution in [0.2, 0.25) is 0 Å². The van der Waals surface area contributed by atoms with Gasteiger partial charge in [-0.15, -0.1) is 0 Å². The Morgan fingerprint density at radius 2 is 1.75 bits per heavy atom. The van der Waals surface area contributed by atoms with Gasteiger partial charge in [0.25, 0.3) is 11.8 Å². The van der Waals surface area contributed by atoms with Crippen molar-refractivity contribution in [2.75, 3.05) is 41.9 Å². The van der Waals surface area contributed by atoms with Crippen molar-refractivity contribution in [3.8, 4) is 23.1 Å².